The van der Waals surface area contributed by atoms with Crippen molar-refractivity contribution in [1.29, 1.82) is 0 Å². The number of furan rings is 1. The van der Waals surface area contributed by atoms with E-state index >= 15 is 0 Å². The minimum absolute atomic E-state index is 0.616. The van der Waals surface area contributed by atoms with Gasteiger partial charge in [-0.25, -0.2) is 15.0 Å². The highest BCUT2D eigenvalue weighted by molar-refractivity contribution is 7.26. The molecule has 0 saturated carbocycles. The average molecular weight is 747 g/mol. The lowest BCUT2D eigenvalue weighted by atomic mass is 9.99. The molecule has 6 heteroatoms. The summed E-state index contributed by atoms with van der Waals surface area (Å²) < 4.78 is 11.3. The molecule has 0 radical (unpaired) electrons. The quantitative estimate of drug-likeness (QED) is 0.176. The van der Waals surface area contributed by atoms with E-state index < -0.39 is 0 Å². The van der Waals surface area contributed by atoms with Gasteiger partial charge in [0.25, 0.3) is 0 Å². The van der Waals surface area contributed by atoms with Crippen LogP contribution < -0.4 is 0 Å². The highest BCUT2D eigenvalue weighted by atomic mass is 32.1. The number of hydrogen-bond donors (Lipinski definition) is 0. The smallest absolute Gasteiger partial charge is 0.164 e. The second-order valence-electron chi connectivity index (χ2n) is 14.4. The summed E-state index contributed by atoms with van der Waals surface area (Å²) in [7, 11) is 0. The number of thiophene rings is 1. The number of fused-ring (bicyclic) bond motifs is 10. The van der Waals surface area contributed by atoms with Gasteiger partial charge in [-0.3, -0.25) is 0 Å². The topological polar surface area (TPSA) is 56.7 Å². The van der Waals surface area contributed by atoms with Crippen molar-refractivity contribution >= 4 is 75.3 Å². The van der Waals surface area contributed by atoms with Crippen molar-refractivity contribution in [1.82, 2.24) is 19.5 Å². The molecule has 12 rings (SSSR count). The molecule has 0 spiro atoms. The Labute approximate surface area is 330 Å². The first-order chi connectivity index (χ1) is 28.2. The first kappa shape index (κ1) is 31.9. The van der Waals surface area contributed by atoms with E-state index in [1.165, 1.54) is 20.2 Å². The lowest BCUT2D eigenvalue weighted by molar-refractivity contribution is 0.669. The molecule has 0 aliphatic heterocycles. The summed E-state index contributed by atoms with van der Waals surface area (Å²) >= 11 is 1.83. The standard InChI is InChI=1S/C51H30N4OS/c1-3-13-31(14-4-1)49-52-50(54-51(53-49)38-21-12-23-41-46(38)36-19-7-9-22-40(36)55(41)35-17-5-2-6-18-35)34-16-11-15-32(29-34)33-25-26-42-39(30-33)47-43(56-42)27-28-45-48(47)37-20-8-10-24-44(37)57-45/h1-30H. The van der Waals surface area contributed by atoms with E-state index in [-0.39, 0.29) is 0 Å². The van der Waals surface area contributed by atoms with Crippen molar-refractivity contribution < 1.29 is 4.42 Å². The number of nitrogens with zero attached hydrogens (tertiary/aromatic N) is 4. The minimum atomic E-state index is 0.616. The Kier molecular flexibility index (Phi) is 7.03. The Morgan fingerprint density at radius 3 is 1.91 bits per heavy atom. The van der Waals surface area contributed by atoms with Crippen LogP contribution in [0, 0.1) is 0 Å². The summed E-state index contributed by atoms with van der Waals surface area (Å²) in [5.41, 5.74) is 10.1. The third-order valence-corrected chi connectivity index (χ3v) is 12.2. The molecule has 0 fully saturated rings. The van der Waals surface area contributed by atoms with Gasteiger partial charge in [0.2, 0.25) is 0 Å². The molecule has 0 bridgehead atoms. The molecule has 0 N–H and O–H groups in total. The van der Waals surface area contributed by atoms with Gasteiger partial charge < -0.3 is 8.98 Å². The van der Waals surface area contributed by atoms with Crippen LogP contribution in [-0.2, 0) is 0 Å². The van der Waals surface area contributed by atoms with Gasteiger partial charge in [-0.2, -0.15) is 0 Å². The van der Waals surface area contributed by atoms with Gasteiger partial charge in [-0.1, -0.05) is 121 Å². The maximum atomic E-state index is 6.43. The van der Waals surface area contributed by atoms with Crippen molar-refractivity contribution in [3.63, 3.8) is 0 Å². The van der Waals surface area contributed by atoms with Crippen LogP contribution in [0.3, 0.4) is 0 Å². The molecular formula is C51H30N4OS. The zero-order valence-corrected chi connectivity index (χ0v) is 31.2. The van der Waals surface area contributed by atoms with Gasteiger partial charge in [0.1, 0.15) is 11.2 Å². The van der Waals surface area contributed by atoms with Crippen molar-refractivity contribution in [2.24, 2.45) is 0 Å². The highest BCUT2D eigenvalue weighted by Gasteiger charge is 2.20. The second kappa shape index (κ2) is 12.6. The molecule has 4 aromatic heterocycles. The Bertz CT molecular complexity index is 3530. The van der Waals surface area contributed by atoms with Crippen LogP contribution in [0.4, 0.5) is 0 Å². The predicted octanol–water partition coefficient (Wildman–Crippen LogP) is 13.9. The van der Waals surface area contributed by atoms with Crippen LogP contribution in [0.15, 0.2) is 186 Å². The van der Waals surface area contributed by atoms with Crippen molar-refractivity contribution in [3.8, 4) is 51.0 Å². The minimum Gasteiger partial charge on any atom is -0.456 e. The average Bonchev–Trinajstić information content (AvgIpc) is 3.96. The van der Waals surface area contributed by atoms with E-state index in [0.29, 0.717) is 17.5 Å². The molecule has 57 heavy (non-hydrogen) atoms. The van der Waals surface area contributed by atoms with Crippen molar-refractivity contribution in [2.75, 3.05) is 0 Å². The molecule has 266 valence electrons. The third kappa shape index (κ3) is 5.04. The fraction of sp³-hybridized carbons (Fsp3) is 0. The maximum absolute atomic E-state index is 6.43. The van der Waals surface area contributed by atoms with E-state index in [9.17, 15) is 0 Å². The van der Waals surface area contributed by atoms with Crippen LogP contribution >= 0.6 is 11.3 Å². The Morgan fingerprint density at radius 2 is 1.04 bits per heavy atom. The van der Waals surface area contributed by atoms with E-state index in [1.807, 2.05) is 29.5 Å². The Hall–Kier alpha value is -7.41. The fourth-order valence-corrected chi connectivity index (χ4v) is 9.62. The highest BCUT2D eigenvalue weighted by Crippen LogP contribution is 2.44. The summed E-state index contributed by atoms with van der Waals surface area (Å²) in [5.74, 6) is 1.87. The van der Waals surface area contributed by atoms with E-state index in [2.05, 4.69) is 168 Å². The summed E-state index contributed by atoms with van der Waals surface area (Å²) in [5, 5.41) is 7.04. The van der Waals surface area contributed by atoms with Gasteiger partial charge in [-0.05, 0) is 71.8 Å². The molecule has 0 atom stereocenters. The number of para-hydroxylation sites is 2. The number of rotatable bonds is 5. The number of aromatic nitrogens is 4. The summed E-state index contributed by atoms with van der Waals surface area (Å²) in [6, 6.07) is 63.6. The molecule has 5 nitrogen and oxygen atoms in total. The van der Waals surface area contributed by atoms with E-state index in [0.717, 1.165) is 77.2 Å². The maximum Gasteiger partial charge on any atom is 0.164 e. The number of hydrogen-bond acceptors (Lipinski definition) is 5. The zero-order chi connectivity index (χ0) is 37.5. The van der Waals surface area contributed by atoms with Crippen molar-refractivity contribution in [3.05, 3.63) is 182 Å². The normalized spacial score (nSPS) is 11.9. The lowest BCUT2D eigenvalue weighted by Gasteiger charge is -2.11. The van der Waals surface area contributed by atoms with Gasteiger partial charge in [0.05, 0.1) is 11.0 Å². The van der Waals surface area contributed by atoms with Gasteiger partial charge in [0.15, 0.2) is 17.5 Å². The first-order valence-electron chi connectivity index (χ1n) is 19.0. The third-order valence-electron chi connectivity index (χ3n) is 11.0. The fourth-order valence-electron chi connectivity index (χ4n) is 8.50. The van der Waals surface area contributed by atoms with Crippen molar-refractivity contribution in [2.45, 2.75) is 0 Å². The lowest BCUT2D eigenvalue weighted by Crippen LogP contribution is -2.00. The molecule has 0 aliphatic rings. The molecule has 12 aromatic rings. The Morgan fingerprint density at radius 1 is 0.386 bits per heavy atom. The molecular weight excluding hydrogens is 717 g/mol. The van der Waals surface area contributed by atoms with Crippen LogP contribution in [-0.4, -0.2) is 19.5 Å². The molecule has 8 aromatic carbocycles. The van der Waals surface area contributed by atoms with E-state index in [1.54, 1.807) is 0 Å². The van der Waals surface area contributed by atoms with E-state index in [4.69, 9.17) is 19.4 Å². The monoisotopic (exact) mass is 746 g/mol. The number of benzene rings is 8. The SMILES string of the molecule is c1ccc(-c2nc(-c3cccc(-c4ccc5oc6ccc7sc8ccccc8c7c6c5c4)c3)nc(-c3cccc4c3c3ccccc3n4-c3ccccc3)n2)cc1. The van der Waals surface area contributed by atoms with Gasteiger partial charge >= 0.3 is 0 Å². The predicted molar refractivity (Wildman–Crippen MR) is 236 cm³/mol. The Balaban J connectivity index is 1.05. The molecule has 0 saturated heterocycles. The summed E-state index contributed by atoms with van der Waals surface area (Å²) in [6.07, 6.45) is 0. The van der Waals surface area contributed by atoms with Crippen LogP contribution in [0.1, 0.15) is 0 Å². The molecule has 0 amide bonds. The summed E-state index contributed by atoms with van der Waals surface area (Å²) in [6.45, 7) is 0. The van der Waals surface area contributed by atoms with Gasteiger partial charge in [0, 0.05) is 64.1 Å². The van der Waals surface area contributed by atoms with Crippen LogP contribution in [0.5, 0.6) is 0 Å². The summed E-state index contributed by atoms with van der Waals surface area (Å²) in [4.78, 5) is 15.6. The molecule has 0 aliphatic carbocycles. The van der Waals surface area contributed by atoms with Crippen LogP contribution in [0.2, 0.25) is 0 Å². The zero-order valence-electron chi connectivity index (χ0n) is 30.4. The largest absolute Gasteiger partial charge is 0.456 e. The first-order valence-corrected chi connectivity index (χ1v) is 19.8. The molecule has 4 heterocycles. The molecule has 0 unspecified atom stereocenters. The second-order valence-corrected chi connectivity index (χ2v) is 15.4. The van der Waals surface area contributed by atoms with Gasteiger partial charge in [-0.15, -0.1) is 11.3 Å². The van der Waals surface area contributed by atoms with Crippen LogP contribution in [0.25, 0.3) is 115 Å².